The van der Waals surface area contributed by atoms with Crippen LogP contribution in [0.4, 0.5) is 0 Å². The van der Waals surface area contributed by atoms with Gasteiger partial charge in [-0.1, -0.05) is 0 Å². The zero-order chi connectivity index (χ0) is 14.1. The number of ether oxygens (including phenoxy) is 3. The molecule has 0 saturated carbocycles. The van der Waals surface area contributed by atoms with E-state index in [1.807, 2.05) is 0 Å². The summed E-state index contributed by atoms with van der Waals surface area (Å²) in [7, 11) is 3.08. The molecule has 0 atom stereocenters. The smallest absolute Gasteiger partial charge is 0.248 e. The van der Waals surface area contributed by atoms with Gasteiger partial charge in [-0.25, -0.2) is 0 Å². The number of hydrogen-bond acceptors (Lipinski definition) is 5. The van der Waals surface area contributed by atoms with Crippen molar-refractivity contribution in [2.75, 3.05) is 66.8 Å². The zero-order valence-electron chi connectivity index (χ0n) is 11.6. The van der Waals surface area contributed by atoms with Crippen molar-refractivity contribution < 1.29 is 23.8 Å². The molecule has 1 saturated heterocycles. The second kappa shape index (κ2) is 8.84. The molecule has 0 N–H and O–H groups in total. The average Bonchev–Trinajstić information content (AvgIpc) is 2.44. The lowest BCUT2D eigenvalue weighted by Crippen LogP contribution is -2.52. The Morgan fingerprint density at radius 2 is 1.37 bits per heavy atom. The fraction of sp³-hybridized carbons (Fsp3) is 0.833. The number of hydrogen-bond donors (Lipinski definition) is 0. The first kappa shape index (κ1) is 15.9. The summed E-state index contributed by atoms with van der Waals surface area (Å²) in [5, 5.41) is 0. The van der Waals surface area contributed by atoms with Crippen LogP contribution < -0.4 is 0 Å². The Morgan fingerprint density at radius 3 is 1.84 bits per heavy atom. The summed E-state index contributed by atoms with van der Waals surface area (Å²) in [6.07, 6.45) is 0. The number of carbonyl (C=O) groups is 2. The van der Waals surface area contributed by atoms with Gasteiger partial charge in [-0.2, -0.15) is 0 Å². The fourth-order valence-electron chi connectivity index (χ4n) is 1.81. The number of rotatable bonds is 7. The molecule has 0 aromatic heterocycles. The van der Waals surface area contributed by atoms with Gasteiger partial charge in [0.15, 0.2) is 0 Å². The molecule has 2 amide bonds. The minimum Gasteiger partial charge on any atom is -0.382 e. The van der Waals surface area contributed by atoms with Crippen molar-refractivity contribution in [2.24, 2.45) is 0 Å². The molecule has 0 bridgehead atoms. The predicted octanol–water partition coefficient (Wildman–Crippen LogP) is -1.03. The van der Waals surface area contributed by atoms with E-state index in [9.17, 15) is 9.59 Å². The van der Waals surface area contributed by atoms with Crippen LogP contribution in [0.3, 0.4) is 0 Å². The fourth-order valence-corrected chi connectivity index (χ4v) is 1.81. The first-order valence-corrected chi connectivity index (χ1v) is 6.30. The quantitative estimate of drug-likeness (QED) is 0.555. The lowest BCUT2D eigenvalue weighted by Gasteiger charge is -2.34. The highest BCUT2D eigenvalue weighted by Gasteiger charge is 2.23. The van der Waals surface area contributed by atoms with Gasteiger partial charge in [0.05, 0.1) is 13.2 Å². The molecule has 1 rings (SSSR count). The van der Waals surface area contributed by atoms with Crippen LogP contribution in [0.15, 0.2) is 0 Å². The van der Waals surface area contributed by atoms with Crippen molar-refractivity contribution in [1.29, 1.82) is 0 Å². The van der Waals surface area contributed by atoms with Gasteiger partial charge >= 0.3 is 0 Å². The van der Waals surface area contributed by atoms with Crippen molar-refractivity contribution in [1.82, 2.24) is 9.80 Å². The van der Waals surface area contributed by atoms with E-state index in [4.69, 9.17) is 14.2 Å². The zero-order valence-corrected chi connectivity index (χ0v) is 11.6. The SMILES string of the molecule is COCCOCC(=O)N1CCN(C(=O)COC)CC1. The van der Waals surface area contributed by atoms with Crippen LogP contribution in [-0.2, 0) is 23.8 Å². The molecule has 1 aliphatic rings. The Balaban J connectivity index is 2.21. The van der Waals surface area contributed by atoms with E-state index < -0.39 is 0 Å². The van der Waals surface area contributed by atoms with Gasteiger partial charge in [0.2, 0.25) is 11.8 Å². The molecule has 7 heteroatoms. The molecule has 110 valence electrons. The molecule has 7 nitrogen and oxygen atoms in total. The van der Waals surface area contributed by atoms with Gasteiger partial charge in [0, 0.05) is 40.4 Å². The minimum atomic E-state index is -0.0463. The summed E-state index contributed by atoms with van der Waals surface area (Å²) in [4.78, 5) is 26.8. The Kier molecular flexibility index (Phi) is 7.39. The van der Waals surface area contributed by atoms with E-state index in [0.29, 0.717) is 39.4 Å². The molecule has 0 aromatic rings. The van der Waals surface area contributed by atoms with E-state index in [-0.39, 0.29) is 25.0 Å². The maximum absolute atomic E-state index is 11.8. The van der Waals surface area contributed by atoms with E-state index in [1.54, 1.807) is 16.9 Å². The van der Waals surface area contributed by atoms with Crippen molar-refractivity contribution in [3.05, 3.63) is 0 Å². The third-order valence-corrected chi connectivity index (χ3v) is 2.91. The topological polar surface area (TPSA) is 68.3 Å². The molecule has 0 aromatic carbocycles. The summed E-state index contributed by atoms with van der Waals surface area (Å²) in [6.45, 7) is 3.23. The Labute approximate surface area is 113 Å². The predicted molar refractivity (Wildman–Crippen MR) is 67.7 cm³/mol. The van der Waals surface area contributed by atoms with Gasteiger partial charge in [0.25, 0.3) is 0 Å². The van der Waals surface area contributed by atoms with E-state index in [0.717, 1.165) is 0 Å². The third kappa shape index (κ3) is 5.54. The van der Waals surface area contributed by atoms with Gasteiger partial charge in [-0.05, 0) is 0 Å². The minimum absolute atomic E-state index is 0.0362. The number of methoxy groups -OCH3 is 2. The van der Waals surface area contributed by atoms with E-state index in [2.05, 4.69) is 0 Å². The van der Waals surface area contributed by atoms with Crippen LogP contribution in [0.1, 0.15) is 0 Å². The molecule has 0 aliphatic carbocycles. The largest absolute Gasteiger partial charge is 0.382 e. The molecule has 1 fully saturated rings. The number of nitrogens with zero attached hydrogens (tertiary/aromatic N) is 2. The molecule has 1 heterocycles. The molecule has 19 heavy (non-hydrogen) atoms. The van der Waals surface area contributed by atoms with E-state index >= 15 is 0 Å². The first-order chi connectivity index (χ1) is 9.19. The normalized spacial score (nSPS) is 15.7. The summed E-state index contributed by atoms with van der Waals surface area (Å²) in [6, 6.07) is 0. The van der Waals surface area contributed by atoms with E-state index in [1.165, 1.54) is 7.11 Å². The van der Waals surface area contributed by atoms with Gasteiger partial charge in [-0.15, -0.1) is 0 Å². The van der Waals surface area contributed by atoms with Crippen LogP contribution in [0, 0.1) is 0 Å². The number of piperazine rings is 1. The lowest BCUT2D eigenvalue weighted by molar-refractivity contribution is -0.144. The van der Waals surface area contributed by atoms with Crippen molar-refractivity contribution >= 4 is 11.8 Å². The Morgan fingerprint density at radius 1 is 0.842 bits per heavy atom. The van der Waals surface area contributed by atoms with Crippen LogP contribution >= 0.6 is 0 Å². The van der Waals surface area contributed by atoms with Gasteiger partial charge < -0.3 is 24.0 Å². The molecular formula is C12H22N2O5. The molecule has 0 spiro atoms. The second-order valence-corrected chi connectivity index (χ2v) is 4.24. The molecule has 0 radical (unpaired) electrons. The molecular weight excluding hydrogens is 252 g/mol. The lowest BCUT2D eigenvalue weighted by atomic mass is 10.3. The standard InChI is InChI=1S/C12H22N2O5/c1-17-7-8-19-10-12(16)14-5-3-13(4-6-14)11(15)9-18-2/h3-10H2,1-2H3. The van der Waals surface area contributed by atoms with Crippen molar-refractivity contribution in [3.8, 4) is 0 Å². The summed E-state index contributed by atoms with van der Waals surface area (Å²) < 4.78 is 14.8. The number of carbonyl (C=O) groups excluding carboxylic acids is 2. The Hall–Kier alpha value is -1.18. The van der Waals surface area contributed by atoms with Crippen molar-refractivity contribution in [3.63, 3.8) is 0 Å². The third-order valence-electron chi connectivity index (χ3n) is 2.91. The maximum Gasteiger partial charge on any atom is 0.248 e. The summed E-state index contributed by atoms with van der Waals surface area (Å²) >= 11 is 0. The second-order valence-electron chi connectivity index (χ2n) is 4.24. The Bertz CT molecular complexity index is 290. The summed E-state index contributed by atoms with van der Waals surface area (Å²) in [5.74, 6) is -0.0825. The van der Waals surface area contributed by atoms with Crippen LogP contribution in [-0.4, -0.2) is 88.4 Å². The number of amides is 2. The van der Waals surface area contributed by atoms with Crippen LogP contribution in [0.25, 0.3) is 0 Å². The van der Waals surface area contributed by atoms with Gasteiger partial charge in [-0.3, -0.25) is 9.59 Å². The van der Waals surface area contributed by atoms with Crippen molar-refractivity contribution in [2.45, 2.75) is 0 Å². The maximum atomic E-state index is 11.8. The molecule has 1 aliphatic heterocycles. The van der Waals surface area contributed by atoms with Crippen LogP contribution in [0.5, 0.6) is 0 Å². The molecule has 0 unspecified atom stereocenters. The highest BCUT2D eigenvalue weighted by atomic mass is 16.5. The monoisotopic (exact) mass is 274 g/mol. The highest BCUT2D eigenvalue weighted by molar-refractivity contribution is 5.79. The highest BCUT2D eigenvalue weighted by Crippen LogP contribution is 2.03. The first-order valence-electron chi connectivity index (χ1n) is 6.30. The van der Waals surface area contributed by atoms with Gasteiger partial charge in [0.1, 0.15) is 13.2 Å². The average molecular weight is 274 g/mol. The van der Waals surface area contributed by atoms with Crippen LogP contribution in [0.2, 0.25) is 0 Å². The summed E-state index contributed by atoms with van der Waals surface area (Å²) in [5.41, 5.74) is 0.